The minimum Gasteiger partial charge on any atom is -0.507 e. The molecule has 1 aromatic carbocycles. The second kappa shape index (κ2) is 4.15. The fraction of sp³-hybridized carbons (Fsp3) is 0.182. The molecule has 2 N–H and O–H groups in total. The summed E-state index contributed by atoms with van der Waals surface area (Å²) in [6, 6.07) is 4.59. The van der Waals surface area contributed by atoms with Crippen LogP contribution in [0.3, 0.4) is 0 Å². The number of hydrogen-bond acceptors (Lipinski definition) is 4. The number of fused-ring (bicyclic) bond motifs is 1. The van der Waals surface area contributed by atoms with Crippen molar-refractivity contribution >= 4 is 22.6 Å². The predicted molar refractivity (Wildman–Crippen MR) is 59.9 cm³/mol. The van der Waals surface area contributed by atoms with Gasteiger partial charge in [-0.1, -0.05) is 11.6 Å². The fourth-order valence-electron chi connectivity index (χ4n) is 1.53. The minimum absolute atomic E-state index is 0.0522. The molecule has 2 rings (SSSR count). The molecule has 16 heavy (non-hydrogen) atoms. The highest BCUT2D eigenvalue weighted by molar-refractivity contribution is 6.31. The van der Waals surface area contributed by atoms with E-state index in [0.717, 1.165) is 0 Å². The molecule has 0 amide bonds. The fourth-order valence-corrected chi connectivity index (χ4v) is 1.70. The molecule has 84 valence electrons. The van der Waals surface area contributed by atoms with E-state index in [4.69, 9.17) is 21.1 Å². The Labute approximate surface area is 95.7 Å². The molecule has 0 spiro atoms. The molecule has 0 atom stereocenters. The first-order valence-corrected chi connectivity index (χ1v) is 5.06. The number of rotatable bonds is 2. The topological polar surface area (TPSA) is 70.7 Å². The average molecular weight is 241 g/mol. The summed E-state index contributed by atoms with van der Waals surface area (Å²) in [4.78, 5) is 11.5. The van der Waals surface area contributed by atoms with Crippen molar-refractivity contribution in [1.29, 1.82) is 0 Å². The van der Waals surface area contributed by atoms with Gasteiger partial charge in [-0.25, -0.2) is 4.79 Å². The van der Waals surface area contributed by atoms with Crippen molar-refractivity contribution in [2.75, 3.05) is 6.61 Å². The van der Waals surface area contributed by atoms with Crippen LogP contribution in [0.15, 0.2) is 27.4 Å². The molecule has 1 aromatic heterocycles. The van der Waals surface area contributed by atoms with Crippen LogP contribution in [0.5, 0.6) is 5.75 Å². The van der Waals surface area contributed by atoms with Crippen LogP contribution in [0.25, 0.3) is 11.0 Å². The predicted octanol–water partition coefficient (Wildman–Crippen LogP) is 1.69. The summed E-state index contributed by atoms with van der Waals surface area (Å²) in [5, 5.41) is 19.4. The van der Waals surface area contributed by atoms with Crippen molar-refractivity contribution in [1.82, 2.24) is 0 Å². The third-order valence-corrected chi connectivity index (χ3v) is 2.53. The van der Waals surface area contributed by atoms with E-state index in [1.165, 1.54) is 12.1 Å². The van der Waals surface area contributed by atoms with E-state index in [0.29, 0.717) is 10.4 Å². The number of hydrogen-bond donors (Lipinski definition) is 2. The maximum Gasteiger partial charge on any atom is 0.343 e. The van der Waals surface area contributed by atoms with Crippen LogP contribution in [0.4, 0.5) is 0 Å². The molecular formula is C11H9ClO4. The smallest absolute Gasteiger partial charge is 0.343 e. The summed E-state index contributed by atoms with van der Waals surface area (Å²) in [5.41, 5.74) is -0.299. The summed E-state index contributed by atoms with van der Waals surface area (Å²) >= 11 is 5.78. The SMILES string of the molecule is O=c1oc2ccc(Cl)cc2c(O)c1CCO. The van der Waals surface area contributed by atoms with Gasteiger partial charge in [0.2, 0.25) is 0 Å². The third-order valence-electron chi connectivity index (χ3n) is 2.29. The molecule has 0 saturated heterocycles. The van der Waals surface area contributed by atoms with E-state index >= 15 is 0 Å². The van der Waals surface area contributed by atoms with Gasteiger partial charge in [-0.3, -0.25) is 0 Å². The zero-order valence-electron chi connectivity index (χ0n) is 8.24. The number of aliphatic hydroxyl groups excluding tert-OH is 1. The van der Waals surface area contributed by atoms with Crippen molar-refractivity contribution in [3.05, 3.63) is 39.2 Å². The lowest BCUT2D eigenvalue weighted by molar-refractivity contribution is 0.295. The molecular weight excluding hydrogens is 232 g/mol. The molecule has 0 saturated carbocycles. The van der Waals surface area contributed by atoms with Crippen LogP contribution in [0, 0.1) is 0 Å². The van der Waals surface area contributed by atoms with Gasteiger partial charge in [0.05, 0.1) is 10.9 Å². The van der Waals surface area contributed by atoms with Crippen LogP contribution in [0.2, 0.25) is 5.02 Å². The molecule has 0 bridgehead atoms. The van der Waals surface area contributed by atoms with Gasteiger partial charge >= 0.3 is 5.63 Å². The zero-order valence-corrected chi connectivity index (χ0v) is 8.99. The van der Waals surface area contributed by atoms with Crippen molar-refractivity contribution in [2.24, 2.45) is 0 Å². The Morgan fingerprint density at radius 2 is 2.12 bits per heavy atom. The lowest BCUT2D eigenvalue weighted by Gasteiger charge is -2.04. The van der Waals surface area contributed by atoms with Crippen molar-refractivity contribution in [3.63, 3.8) is 0 Å². The van der Waals surface area contributed by atoms with E-state index in [1.807, 2.05) is 0 Å². The summed E-state index contributed by atoms with van der Waals surface area (Å²) in [5.74, 6) is -0.178. The van der Waals surface area contributed by atoms with E-state index in [1.54, 1.807) is 6.07 Å². The van der Waals surface area contributed by atoms with Crippen LogP contribution in [0.1, 0.15) is 5.56 Å². The molecule has 0 aliphatic carbocycles. The number of halogens is 1. The largest absolute Gasteiger partial charge is 0.507 e. The maximum atomic E-state index is 11.5. The monoisotopic (exact) mass is 240 g/mol. The number of aliphatic hydroxyl groups is 1. The molecule has 0 aliphatic rings. The second-order valence-electron chi connectivity index (χ2n) is 3.33. The van der Waals surface area contributed by atoms with E-state index in [-0.39, 0.29) is 29.9 Å². The first kappa shape index (κ1) is 11.0. The van der Waals surface area contributed by atoms with Crippen molar-refractivity contribution < 1.29 is 14.6 Å². The first-order valence-electron chi connectivity index (χ1n) is 4.68. The van der Waals surface area contributed by atoms with Gasteiger partial charge in [0.15, 0.2) is 0 Å². The normalized spacial score (nSPS) is 10.9. The van der Waals surface area contributed by atoms with Crippen molar-refractivity contribution in [2.45, 2.75) is 6.42 Å². The van der Waals surface area contributed by atoms with Gasteiger partial charge in [-0.05, 0) is 18.2 Å². The summed E-state index contributed by atoms with van der Waals surface area (Å²) in [7, 11) is 0. The molecule has 4 nitrogen and oxygen atoms in total. The van der Waals surface area contributed by atoms with Crippen molar-refractivity contribution in [3.8, 4) is 5.75 Å². The Balaban J connectivity index is 2.79. The van der Waals surface area contributed by atoms with Gasteiger partial charge in [0.25, 0.3) is 0 Å². The van der Waals surface area contributed by atoms with Crippen LogP contribution in [-0.2, 0) is 6.42 Å². The molecule has 0 fully saturated rings. The maximum absolute atomic E-state index is 11.5. The standard InChI is InChI=1S/C11H9ClO4/c12-6-1-2-9-8(5-6)10(14)7(3-4-13)11(15)16-9/h1-2,5,13-14H,3-4H2. The molecule has 0 radical (unpaired) electrons. The second-order valence-corrected chi connectivity index (χ2v) is 3.77. The highest BCUT2D eigenvalue weighted by Crippen LogP contribution is 2.28. The van der Waals surface area contributed by atoms with E-state index in [2.05, 4.69) is 0 Å². The minimum atomic E-state index is -0.638. The van der Waals surface area contributed by atoms with Gasteiger partial charge in [-0.2, -0.15) is 0 Å². The summed E-state index contributed by atoms with van der Waals surface area (Å²) in [6.07, 6.45) is 0.0522. The Hall–Kier alpha value is -1.52. The first-order chi connectivity index (χ1) is 7.63. The molecule has 1 heterocycles. The zero-order chi connectivity index (χ0) is 11.7. The Bertz CT molecular complexity index is 588. The summed E-state index contributed by atoms with van der Waals surface area (Å²) < 4.78 is 5.00. The number of aromatic hydroxyl groups is 1. The van der Waals surface area contributed by atoms with Gasteiger partial charge < -0.3 is 14.6 Å². The lowest BCUT2D eigenvalue weighted by Crippen LogP contribution is -2.09. The van der Waals surface area contributed by atoms with Crippen LogP contribution >= 0.6 is 11.6 Å². The average Bonchev–Trinajstić information content (AvgIpc) is 2.26. The third kappa shape index (κ3) is 1.77. The molecule has 2 aromatic rings. The van der Waals surface area contributed by atoms with Gasteiger partial charge in [0.1, 0.15) is 11.3 Å². The van der Waals surface area contributed by atoms with Gasteiger partial charge in [-0.15, -0.1) is 0 Å². The van der Waals surface area contributed by atoms with E-state index < -0.39 is 5.63 Å². The molecule has 0 unspecified atom stereocenters. The number of benzene rings is 1. The van der Waals surface area contributed by atoms with E-state index in [9.17, 15) is 9.90 Å². The highest BCUT2D eigenvalue weighted by Gasteiger charge is 2.13. The lowest BCUT2D eigenvalue weighted by atomic mass is 10.1. The molecule has 5 heteroatoms. The Kier molecular flexibility index (Phi) is 2.85. The molecule has 0 aliphatic heterocycles. The quantitative estimate of drug-likeness (QED) is 0.784. The van der Waals surface area contributed by atoms with Gasteiger partial charge in [0, 0.05) is 18.1 Å². The Morgan fingerprint density at radius 1 is 1.38 bits per heavy atom. The summed E-state index contributed by atoms with van der Waals surface area (Å²) in [6.45, 7) is -0.232. The van der Waals surface area contributed by atoms with Crippen LogP contribution in [-0.4, -0.2) is 16.8 Å². The van der Waals surface area contributed by atoms with Crippen LogP contribution < -0.4 is 5.63 Å². The Morgan fingerprint density at radius 3 is 2.81 bits per heavy atom. The highest BCUT2D eigenvalue weighted by atomic mass is 35.5.